The first kappa shape index (κ1) is 30.3. The standard InChI is InChI=1S/C31H34O9/c1-22(2)29(32)39-21-19-37-17-16-36-18-20-38-27-12-10-26(11-13-27)31(34)40-28-14-8-24(9-15-28)23-4-6-25(7-5-23)30(33)35-3/h4-15,22H,16-21H2,1-3H3. The van der Waals surface area contributed by atoms with Crippen molar-refractivity contribution in [1.82, 2.24) is 0 Å². The van der Waals surface area contributed by atoms with E-state index in [1.165, 1.54) is 7.11 Å². The fourth-order valence-corrected chi connectivity index (χ4v) is 3.39. The molecule has 0 aliphatic rings. The number of benzene rings is 3. The zero-order valence-electron chi connectivity index (χ0n) is 22.9. The first-order valence-corrected chi connectivity index (χ1v) is 12.9. The highest BCUT2D eigenvalue weighted by Crippen LogP contribution is 2.24. The van der Waals surface area contributed by atoms with Crippen LogP contribution in [-0.2, 0) is 23.7 Å². The summed E-state index contributed by atoms with van der Waals surface area (Å²) >= 11 is 0. The van der Waals surface area contributed by atoms with E-state index in [0.29, 0.717) is 55.7 Å². The van der Waals surface area contributed by atoms with Gasteiger partial charge < -0.3 is 28.4 Å². The number of hydrogen-bond donors (Lipinski definition) is 0. The van der Waals surface area contributed by atoms with Crippen LogP contribution in [0.1, 0.15) is 34.6 Å². The van der Waals surface area contributed by atoms with Gasteiger partial charge in [-0.1, -0.05) is 38.1 Å². The summed E-state index contributed by atoms with van der Waals surface area (Å²) in [7, 11) is 1.34. The highest BCUT2D eigenvalue weighted by Gasteiger charge is 2.10. The zero-order valence-corrected chi connectivity index (χ0v) is 22.9. The topological polar surface area (TPSA) is 107 Å². The molecule has 0 aromatic heterocycles. The van der Waals surface area contributed by atoms with Crippen molar-refractivity contribution in [3.63, 3.8) is 0 Å². The van der Waals surface area contributed by atoms with Gasteiger partial charge in [0.1, 0.15) is 24.7 Å². The van der Waals surface area contributed by atoms with Crippen molar-refractivity contribution in [1.29, 1.82) is 0 Å². The molecule has 212 valence electrons. The lowest BCUT2D eigenvalue weighted by molar-refractivity contribution is -0.149. The van der Waals surface area contributed by atoms with Crippen molar-refractivity contribution >= 4 is 17.9 Å². The van der Waals surface area contributed by atoms with Gasteiger partial charge in [0, 0.05) is 0 Å². The summed E-state index contributed by atoms with van der Waals surface area (Å²) < 4.78 is 31.6. The van der Waals surface area contributed by atoms with Gasteiger partial charge in [0.15, 0.2) is 0 Å². The fraction of sp³-hybridized carbons (Fsp3) is 0.323. The molecule has 0 saturated carbocycles. The first-order valence-electron chi connectivity index (χ1n) is 12.9. The predicted octanol–water partition coefficient (Wildman–Crippen LogP) is 4.97. The Morgan fingerprint density at radius 2 is 1.07 bits per heavy atom. The van der Waals surface area contributed by atoms with E-state index in [4.69, 9.17) is 28.4 Å². The molecular weight excluding hydrogens is 516 g/mol. The van der Waals surface area contributed by atoms with Crippen LogP contribution in [0.5, 0.6) is 11.5 Å². The minimum atomic E-state index is -0.482. The Labute approximate surface area is 233 Å². The Morgan fingerprint density at radius 1 is 0.600 bits per heavy atom. The molecule has 3 aromatic rings. The minimum Gasteiger partial charge on any atom is -0.491 e. The maximum Gasteiger partial charge on any atom is 0.343 e. The molecule has 0 saturated heterocycles. The lowest BCUT2D eigenvalue weighted by atomic mass is 10.0. The van der Waals surface area contributed by atoms with Crippen molar-refractivity contribution in [3.05, 3.63) is 83.9 Å². The smallest absolute Gasteiger partial charge is 0.343 e. The quantitative estimate of drug-likeness (QED) is 0.147. The summed E-state index contributed by atoms with van der Waals surface area (Å²) in [5.74, 6) is -0.242. The number of carbonyl (C=O) groups excluding carboxylic acids is 3. The van der Waals surface area contributed by atoms with E-state index in [1.807, 2.05) is 24.3 Å². The monoisotopic (exact) mass is 550 g/mol. The molecule has 0 fully saturated rings. The first-order chi connectivity index (χ1) is 19.4. The Bertz CT molecular complexity index is 1220. The molecular formula is C31H34O9. The summed E-state index contributed by atoms with van der Waals surface area (Å²) in [6.07, 6.45) is 0. The minimum absolute atomic E-state index is 0.148. The Morgan fingerprint density at radius 3 is 1.65 bits per heavy atom. The van der Waals surface area contributed by atoms with Crippen LogP contribution in [0.15, 0.2) is 72.8 Å². The van der Waals surface area contributed by atoms with Gasteiger partial charge in [0.05, 0.1) is 50.6 Å². The normalized spacial score (nSPS) is 10.7. The van der Waals surface area contributed by atoms with Crippen molar-refractivity contribution in [2.24, 2.45) is 5.92 Å². The Hall–Kier alpha value is -4.21. The van der Waals surface area contributed by atoms with E-state index < -0.39 is 5.97 Å². The maximum absolute atomic E-state index is 12.5. The summed E-state index contributed by atoms with van der Waals surface area (Å²) in [6, 6.07) is 20.8. The van der Waals surface area contributed by atoms with Gasteiger partial charge >= 0.3 is 17.9 Å². The van der Waals surface area contributed by atoms with Crippen LogP contribution in [0.2, 0.25) is 0 Å². The maximum atomic E-state index is 12.5. The van der Waals surface area contributed by atoms with Crippen LogP contribution < -0.4 is 9.47 Å². The summed E-state index contributed by atoms with van der Waals surface area (Å²) in [5, 5.41) is 0. The summed E-state index contributed by atoms with van der Waals surface area (Å²) in [5.41, 5.74) is 2.70. The van der Waals surface area contributed by atoms with Crippen molar-refractivity contribution in [3.8, 4) is 22.6 Å². The molecule has 9 heteroatoms. The van der Waals surface area contributed by atoms with Gasteiger partial charge in [0.2, 0.25) is 0 Å². The van der Waals surface area contributed by atoms with Crippen molar-refractivity contribution in [2.75, 3.05) is 46.8 Å². The van der Waals surface area contributed by atoms with E-state index in [9.17, 15) is 14.4 Å². The number of methoxy groups -OCH3 is 1. The molecule has 0 aliphatic heterocycles. The molecule has 0 aliphatic carbocycles. The second kappa shape index (κ2) is 16.0. The predicted molar refractivity (Wildman–Crippen MR) is 148 cm³/mol. The molecule has 0 unspecified atom stereocenters. The second-order valence-corrected chi connectivity index (χ2v) is 8.90. The molecule has 3 aromatic carbocycles. The van der Waals surface area contributed by atoms with E-state index in [2.05, 4.69) is 0 Å². The van der Waals surface area contributed by atoms with Crippen LogP contribution in [0.25, 0.3) is 11.1 Å². The third-order valence-corrected chi connectivity index (χ3v) is 5.61. The average Bonchev–Trinajstić information content (AvgIpc) is 2.98. The Balaban J connectivity index is 1.33. The molecule has 3 rings (SSSR count). The molecule has 0 N–H and O–H groups in total. The molecule has 40 heavy (non-hydrogen) atoms. The zero-order chi connectivity index (χ0) is 28.7. The summed E-state index contributed by atoms with van der Waals surface area (Å²) in [6.45, 7) is 5.62. The van der Waals surface area contributed by atoms with E-state index in [-0.39, 0.29) is 24.5 Å². The van der Waals surface area contributed by atoms with Crippen LogP contribution in [0.4, 0.5) is 0 Å². The number of carbonyl (C=O) groups is 3. The number of ether oxygens (including phenoxy) is 6. The highest BCUT2D eigenvalue weighted by atomic mass is 16.6. The van der Waals surface area contributed by atoms with Gasteiger partial charge in [-0.3, -0.25) is 4.79 Å². The SMILES string of the molecule is COC(=O)c1ccc(-c2ccc(OC(=O)c3ccc(OCCOCCOCCOC(=O)C(C)C)cc3)cc2)cc1. The van der Waals surface area contributed by atoms with Gasteiger partial charge in [-0.2, -0.15) is 0 Å². The van der Waals surface area contributed by atoms with Crippen molar-refractivity contribution < 1.29 is 42.8 Å². The summed E-state index contributed by atoms with van der Waals surface area (Å²) in [4.78, 5) is 35.4. The average molecular weight is 551 g/mol. The van der Waals surface area contributed by atoms with Crippen LogP contribution in [0, 0.1) is 5.92 Å². The Kier molecular flexibility index (Phi) is 12.2. The van der Waals surface area contributed by atoms with Gasteiger partial charge in [-0.15, -0.1) is 0 Å². The molecule has 0 spiro atoms. The molecule has 0 bridgehead atoms. The number of rotatable bonds is 15. The van der Waals surface area contributed by atoms with Crippen LogP contribution in [-0.4, -0.2) is 64.7 Å². The van der Waals surface area contributed by atoms with Gasteiger partial charge in [-0.05, 0) is 59.7 Å². The highest BCUT2D eigenvalue weighted by molar-refractivity contribution is 5.91. The van der Waals surface area contributed by atoms with Gasteiger partial charge in [-0.25, -0.2) is 9.59 Å². The van der Waals surface area contributed by atoms with E-state index in [0.717, 1.165) is 11.1 Å². The van der Waals surface area contributed by atoms with Gasteiger partial charge in [0.25, 0.3) is 0 Å². The largest absolute Gasteiger partial charge is 0.491 e. The third-order valence-electron chi connectivity index (χ3n) is 5.61. The molecule has 9 nitrogen and oxygen atoms in total. The fourth-order valence-electron chi connectivity index (χ4n) is 3.39. The lowest BCUT2D eigenvalue weighted by Crippen LogP contribution is -2.16. The van der Waals surface area contributed by atoms with Crippen LogP contribution in [0.3, 0.4) is 0 Å². The van der Waals surface area contributed by atoms with Crippen LogP contribution >= 0.6 is 0 Å². The number of esters is 3. The molecule has 0 heterocycles. The van der Waals surface area contributed by atoms with Crippen molar-refractivity contribution in [2.45, 2.75) is 13.8 Å². The van der Waals surface area contributed by atoms with E-state index in [1.54, 1.807) is 62.4 Å². The second-order valence-electron chi connectivity index (χ2n) is 8.90. The lowest BCUT2D eigenvalue weighted by Gasteiger charge is -2.09. The molecule has 0 atom stereocenters. The molecule has 0 radical (unpaired) electrons. The number of hydrogen-bond acceptors (Lipinski definition) is 9. The van der Waals surface area contributed by atoms with E-state index >= 15 is 0 Å². The molecule has 0 amide bonds. The third kappa shape index (κ3) is 9.83.